The molecular formula is C15H13ClN6S2. The van der Waals surface area contributed by atoms with Gasteiger partial charge in [0.05, 0.1) is 23.3 Å². The van der Waals surface area contributed by atoms with E-state index in [1.807, 2.05) is 36.0 Å². The molecule has 1 aromatic carbocycles. The lowest BCUT2D eigenvalue weighted by molar-refractivity contribution is 0.608. The van der Waals surface area contributed by atoms with Crippen LogP contribution in [0.15, 0.2) is 40.9 Å². The molecule has 0 aliphatic carbocycles. The highest BCUT2D eigenvalue weighted by molar-refractivity contribution is 7.98. The molecule has 3 aromatic heterocycles. The van der Waals surface area contributed by atoms with E-state index in [4.69, 9.17) is 11.6 Å². The first-order valence-corrected chi connectivity index (χ1v) is 9.47. The maximum Gasteiger partial charge on any atom is 0.210 e. The highest BCUT2D eigenvalue weighted by Gasteiger charge is 2.12. The fraction of sp³-hybridized carbons (Fsp3) is 0.200. The Morgan fingerprint density at radius 1 is 1.29 bits per heavy atom. The average Bonchev–Trinajstić information content (AvgIpc) is 3.28. The SMILES string of the molecule is Cn1c(CSc2nnnn2Cc2cccs2)nc2cc(Cl)ccc21. The lowest BCUT2D eigenvalue weighted by atomic mass is 10.3. The van der Waals surface area contributed by atoms with Gasteiger partial charge in [-0.15, -0.1) is 16.4 Å². The number of hydrogen-bond acceptors (Lipinski definition) is 6. The number of thioether (sulfide) groups is 1. The Kier molecular flexibility index (Phi) is 4.26. The number of thiophene rings is 1. The molecule has 0 N–H and O–H groups in total. The largest absolute Gasteiger partial charge is 0.330 e. The van der Waals surface area contributed by atoms with Crippen LogP contribution in [0.25, 0.3) is 11.0 Å². The van der Waals surface area contributed by atoms with Gasteiger partial charge >= 0.3 is 0 Å². The van der Waals surface area contributed by atoms with Gasteiger partial charge in [-0.25, -0.2) is 9.67 Å². The number of nitrogens with zero attached hydrogens (tertiary/aromatic N) is 6. The van der Waals surface area contributed by atoms with E-state index in [-0.39, 0.29) is 0 Å². The summed E-state index contributed by atoms with van der Waals surface area (Å²) < 4.78 is 3.89. The van der Waals surface area contributed by atoms with Crippen LogP contribution in [0, 0.1) is 0 Å². The Hall–Kier alpha value is -1.90. The van der Waals surface area contributed by atoms with Crippen molar-refractivity contribution in [1.29, 1.82) is 0 Å². The van der Waals surface area contributed by atoms with E-state index >= 15 is 0 Å². The molecule has 0 aliphatic heterocycles. The fourth-order valence-corrected chi connectivity index (χ4v) is 4.14. The quantitative estimate of drug-likeness (QED) is 0.498. The van der Waals surface area contributed by atoms with Gasteiger partial charge in [0.2, 0.25) is 5.16 Å². The molecule has 122 valence electrons. The van der Waals surface area contributed by atoms with Crippen LogP contribution in [0.1, 0.15) is 10.7 Å². The molecule has 4 aromatic rings. The molecule has 0 saturated heterocycles. The summed E-state index contributed by atoms with van der Waals surface area (Å²) in [7, 11) is 2.01. The summed E-state index contributed by atoms with van der Waals surface area (Å²) >= 11 is 9.32. The number of aryl methyl sites for hydroxylation is 1. The molecular weight excluding hydrogens is 364 g/mol. The lowest BCUT2D eigenvalue weighted by Crippen LogP contribution is -2.03. The summed E-state index contributed by atoms with van der Waals surface area (Å²) in [4.78, 5) is 5.88. The zero-order valence-electron chi connectivity index (χ0n) is 12.8. The third-order valence-electron chi connectivity index (χ3n) is 3.65. The van der Waals surface area contributed by atoms with Gasteiger partial charge in [0.1, 0.15) is 5.82 Å². The second-order valence-electron chi connectivity index (χ2n) is 5.21. The zero-order chi connectivity index (χ0) is 16.5. The molecule has 6 nitrogen and oxygen atoms in total. The van der Waals surface area contributed by atoms with E-state index in [1.165, 1.54) is 4.88 Å². The monoisotopic (exact) mass is 376 g/mol. The zero-order valence-corrected chi connectivity index (χ0v) is 15.1. The van der Waals surface area contributed by atoms with Gasteiger partial charge in [-0.05, 0) is 40.1 Å². The molecule has 0 aliphatic rings. The minimum atomic E-state index is 0.686. The van der Waals surface area contributed by atoms with E-state index in [0.717, 1.165) is 22.0 Å². The van der Waals surface area contributed by atoms with E-state index in [1.54, 1.807) is 23.1 Å². The number of benzene rings is 1. The number of imidazole rings is 1. The normalized spacial score (nSPS) is 11.4. The van der Waals surface area contributed by atoms with Crippen LogP contribution in [0.3, 0.4) is 0 Å². The predicted molar refractivity (Wildman–Crippen MR) is 96.5 cm³/mol. The molecule has 0 atom stereocenters. The molecule has 0 amide bonds. The van der Waals surface area contributed by atoms with Crippen LogP contribution < -0.4 is 0 Å². The van der Waals surface area contributed by atoms with Crippen molar-refractivity contribution in [3.05, 3.63) is 51.4 Å². The van der Waals surface area contributed by atoms with Gasteiger partial charge in [0, 0.05) is 16.9 Å². The molecule has 0 saturated carbocycles. The van der Waals surface area contributed by atoms with E-state index < -0.39 is 0 Å². The first kappa shape index (κ1) is 15.6. The summed E-state index contributed by atoms with van der Waals surface area (Å²) in [6.45, 7) is 0.686. The maximum atomic E-state index is 6.04. The highest BCUT2D eigenvalue weighted by Crippen LogP contribution is 2.25. The summed E-state index contributed by atoms with van der Waals surface area (Å²) in [5.74, 6) is 1.65. The van der Waals surface area contributed by atoms with Crippen LogP contribution >= 0.6 is 34.7 Å². The maximum absolute atomic E-state index is 6.04. The van der Waals surface area contributed by atoms with Crippen molar-refractivity contribution < 1.29 is 0 Å². The predicted octanol–water partition coefficient (Wildman–Crippen LogP) is 3.62. The van der Waals surface area contributed by atoms with Crippen LogP contribution in [0.2, 0.25) is 5.02 Å². The lowest BCUT2D eigenvalue weighted by Gasteiger charge is -2.03. The molecule has 24 heavy (non-hydrogen) atoms. The Labute approximate surface area is 151 Å². The number of rotatable bonds is 5. The first-order chi connectivity index (χ1) is 11.7. The Bertz CT molecular complexity index is 975. The molecule has 0 bridgehead atoms. The third-order valence-corrected chi connectivity index (χ3v) is 5.70. The van der Waals surface area contributed by atoms with Crippen molar-refractivity contribution in [2.45, 2.75) is 17.5 Å². The second kappa shape index (κ2) is 6.54. The fourth-order valence-electron chi connectivity index (χ4n) is 2.43. The van der Waals surface area contributed by atoms with Gasteiger partial charge in [-0.3, -0.25) is 0 Å². The van der Waals surface area contributed by atoms with Crippen LogP contribution in [0.4, 0.5) is 0 Å². The topological polar surface area (TPSA) is 61.4 Å². The van der Waals surface area contributed by atoms with Gasteiger partial charge in [-0.2, -0.15) is 0 Å². The molecule has 4 rings (SSSR count). The van der Waals surface area contributed by atoms with E-state index in [0.29, 0.717) is 17.3 Å². The average molecular weight is 377 g/mol. The van der Waals surface area contributed by atoms with Crippen molar-refractivity contribution in [2.24, 2.45) is 7.05 Å². The van der Waals surface area contributed by atoms with Gasteiger partial charge < -0.3 is 4.57 Å². The third kappa shape index (κ3) is 3.04. The summed E-state index contributed by atoms with van der Waals surface area (Å²) in [5, 5.41) is 15.5. The van der Waals surface area contributed by atoms with Crippen LogP contribution in [-0.4, -0.2) is 29.8 Å². The summed E-state index contributed by atoms with van der Waals surface area (Å²) in [6.07, 6.45) is 0. The van der Waals surface area contributed by atoms with Crippen molar-refractivity contribution in [2.75, 3.05) is 0 Å². The Morgan fingerprint density at radius 3 is 3.04 bits per heavy atom. The van der Waals surface area contributed by atoms with Crippen molar-refractivity contribution >= 4 is 45.7 Å². The Morgan fingerprint density at radius 2 is 2.21 bits per heavy atom. The van der Waals surface area contributed by atoms with Crippen molar-refractivity contribution in [3.63, 3.8) is 0 Å². The van der Waals surface area contributed by atoms with Crippen LogP contribution in [0.5, 0.6) is 0 Å². The number of hydrogen-bond donors (Lipinski definition) is 0. The highest BCUT2D eigenvalue weighted by atomic mass is 35.5. The Balaban J connectivity index is 1.53. The van der Waals surface area contributed by atoms with Crippen LogP contribution in [-0.2, 0) is 19.3 Å². The van der Waals surface area contributed by atoms with E-state index in [2.05, 4.69) is 36.5 Å². The van der Waals surface area contributed by atoms with Gasteiger partial charge in [-0.1, -0.05) is 29.4 Å². The minimum Gasteiger partial charge on any atom is -0.330 e. The molecule has 0 spiro atoms. The number of fused-ring (bicyclic) bond motifs is 1. The number of halogens is 1. The second-order valence-corrected chi connectivity index (χ2v) is 7.62. The van der Waals surface area contributed by atoms with Crippen molar-refractivity contribution in [1.82, 2.24) is 29.8 Å². The number of tetrazole rings is 1. The first-order valence-electron chi connectivity index (χ1n) is 7.23. The van der Waals surface area contributed by atoms with Gasteiger partial charge in [0.25, 0.3) is 0 Å². The molecule has 3 heterocycles. The standard InChI is InChI=1S/C15H13ClN6S2/c1-21-13-5-4-10(16)7-12(13)17-14(21)9-24-15-18-19-20-22(15)8-11-3-2-6-23-11/h2-7H,8-9H2,1H3. The summed E-state index contributed by atoms with van der Waals surface area (Å²) in [5.41, 5.74) is 1.96. The van der Waals surface area contributed by atoms with Crippen molar-refractivity contribution in [3.8, 4) is 0 Å². The smallest absolute Gasteiger partial charge is 0.210 e. The molecule has 0 radical (unpaired) electrons. The molecule has 9 heteroatoms. The summed E-state index contributed by atoms with van der Waals surface area (Å²) in [6, 6.07) is 9.85. The van der Waals surface area contributed by atoms with Gasteiger partial charge in [0.15, 0.2) is 0 Å². The number of aromatic nitrogens is 6. The molecule has 0 unspecified atom stereocenters. The minimum absolute atomic E-state index is 0.686. The van der Waals surface area contributed by atoms with E-state index in [9.17, 15) is 0 Å². The molecule has 0 fully saturated rings.